The van der Waals surface area contributed by atoms with Crippen molar-refractivity contribution in [3.8, 4) is 0 Å². The van der Waals surface area contributed by atoms with Gasteiger partial charge in [-0.2, -0.15) is 0 Å². The molecule has 0 fully saturated rings. The Balaban J connectivity index is 0. The molecule has 0 aromatic carbocycles. The van der Waals surface area contributed by atoms with E-state index < -0.39 is 12.6 Å². The van der Waals surface area contributed by atoms with Gasteiger partial charge in [0.15, 0.2) is 0 Å². The highest BCUT2D eigenvalue weighted by molar-refractivity contribution is 5.67. The summed E-state index contributed by atoms with van der Waals surface area (Å²) in [5.74, 6) is -1.19. The van der Waals surface area contributed by atoms with Crippen LogP contribution in [0.5, 0.6) is 0 Å². The molecule has 4 nitrogen and oxygen atoms in total. The van der Waals surface area contributed by atoms with Gasteiger partial charge in [0.2, 0.25) is 0 Å². The Bertz CT molecular complexity index is 69.8. The third kappa shape index (κ3) is 111. The first kappa shape index (κ1) is 11.2. The minimum Gasteiger partial charge on any atom is -0.480 e. The molecular weight excluding hydrogens is 122 g/mol. The highest BCUT2D eigenvalue weighted by Crippen LogP contribution is 1.58. The first-order valence-corrected chi connectivity index (χ1v) is 2.59. The van der Waals surface area contributed by atoms with Crippen LogP contribution in [0.15, 0.2) is 0 Å². The Kier molecular flexibility index (Phi) is 9.21. The summed E-state index contributed by atoms with van der Waals surface area (Å²) in [5, 5.41) is 15.0. The van der Waals surface area contributed by atoms with Crippen LogP contribution in [0.4, 0.5) is 0 Å². The fraction of sp³-hybridized carbons (Fsp3) is 0.800. The molecule has 0 aromatic heterocycles. The van der Waals surface area contributed by atoms with Gasteiger partial charge in [0, 0.05) is 0 Å². The quantitative estimate of drug-likeness (QED) is 0.449. The van der Waals surface area contributed by atoms with Crippen molar-refractivity contribution < 1.29 is 15.0 Å². The van der Waals surface area contributed by atoms with Gasteiger partial charge in [0.25, 0.3) is 0 Å². The molecular formula is C5H13NO3. The number of aliphatic hydroxyl groups excluding tert-OH is 1. The van der Waals surface area contributed by atoms with E-state index in [0.29, 0.717) is 6.04 Å². The number of carbonyl (C=O) groups is 1. The number of rotatable bonds is 1. The van der Waals surface area contributed by atoms with E-state index >= 15 is 0 Å². The molecule has 4 N–H and O–H groups in total. The third-order valence-electron chi connectivity index (χ3n) is 0.135. The van der Waals surface area contributed by atoms with Crippen molar-refractivity contribution in [3.63, 3.8) is 0 Å². The fourth-order valence-electron chi connectivity index (χ4n) is 0. The van der Waals surface area contributed by atoms with Crippen molar-refractivity contribution >= 4 is 5.97 Å². The summed E-state index contributed by atoms with van der Waals surface area (Å²) >= 11 is 0. The number of carboxylic acid groups (broad SMARTS) is 1. The van der Waals surface area contributed by atoms with Gasteiger partial charge in [0.05, 0.1) is 0 Å². The zero-order valence-corrected chi connectivity index (χ0v) is 5.66. The summed E-state index contributed by atoms with van der Waals surface area (Å²) in [6.45, 7) is 3.11. The van der Waals surface area contributed by atoms with Crippen molar-refractivity contribution in [2.24, 2.45) is 5.73 Å². The van der Waals surface area contributed by atoms with Crippen molar-refractivity contribution in [3.05, 3.63) is 0 Å². The van der Waals surface area contributed by atoms with Crippen LogP contribution in [-0.4, -0.2) is 28.8 Å². The average molecular weight is 135 g/mol. The standard InChI is InChI=1S/C3H9N.C2H4O3/c1-3(2)4;3-1-2(4)5/h3H,4H2,1-2H3;3H,1H2,(H,4,5). The SMILES string of the molecule is CC(C)N.O=C(O)CO. The van der Waals surface area contributed by atoms with E-state index in [9.17, 15) is 0 Å². The number of hydrogen-bond acceptors (Lipinski definition) is 3. The van der Waals surface area contributed by atoms with Gasteiger partial charge in [-0.25, -0.2) is 4.79 Å². The van der Waals surface area contributed by atoms with Gasteiger partial charge in [-0.05, 0) is 6.04 Å². The molecule has 0 amide bonds. The maximum absolute atomic E-state index is 9.12. The van der Waals surface area contributed by atoms with Crippen molar-refractivity contribution in [2.45, 2.75) is 19.9 Å². The molecule has 9 heavy (non-hydrogen) atoms. The molecule has 56 valence electrons. The van der Waals surface area contributed by atoms with Crippen LogP contribution in [0.1, 0.15) is 13.8 Å². The second-order valence-corrected chi connectivity index (χ2v) is 1.80. The van der Waals surface area contributed by atoms with Crippen molar-refractivity contribution in [1.29, 1.82) is 0 Å². The molecule has 0 aromatic rings. The normalized spacial score (nSPS) is 8.11. The largest absolute Gasteiger partial charge is 0.480 e. The smallest absolute Gasteiger partial charge is 0.329 e. The lowest BCUT2D eigenvalue weighted by Gasteiger charge is -1.81. The lowest BCUT2D eigenvalue weighted by molar-refractivity contribution is -0.140. The Labute approximate surface area is 54.3 Å². The average Bonchev–Trinajstić information content (AvgIpc) is 1.65. The van der Waals surface area contributed by atoms with E-state index in [1.165, 1.54) is 0 Å². The van der Waals surface area contributed by atoms with E-state index in [4.69, 9.17) is 20.7 Å². The number of hydrogen-bond donors (Lipinski definition) is 3. The maximum atomic E-state index is 9.12. The van der Waals surface area contributed by atoms with Crippen molar-refractivity contribution in [2.75, 3.05) is 6.61 Å². The number of aliphatic carboxylic acids is 1. The molecule has 0 bridgehead atoms. The van der Waals surface area contributed by atoms with Gasteiger partial charge in [-0.3, -0.25) is 0 Å². The highest BCUT2D eigenvalue weighted by atomic mass is 16.4. The molecule has 0 aliphatic rings. The van der Waals surface area contributed by atoms with E-state index in [-0.39, 0.29) is 0 Å². The zero-order valence-electron chi connectivity index (χ0n) is 5.66. The van der Waals surface area contributed by atoms with E-state index in [2.05, 4.69) is 0 Å². The van der Waals surface area contributed by atoms with Gasteiger partial charge in [-0.1, -0.05) is 13.8 Å². The summed E-state index contributed by atoms with van der Waals surface area (Å²) < 4.78 is 0. The fourth-order valence-corrected chi connectivity index (χ4v) is 0. The lowest BCUT2D eigenvalue weighted by atomic mass is 10.5. The summed E-state index contributed by atoms with van der Waals surface area (Å²) in [4.78, 5) is 9.12. The number of nitrogens with two attached hydrogens (primary N) is 1. The van der Waals surface area contributed by atoms with Crippen LogP contribution in [0, 0.1) is 0 Å². The summed E-state index contributed by atoms with van der Waals surface area (Å²) in [6.07, 6.45) is 0. The number of carboxylic acids is 1. The molecule has 4 heteroatoms. The van der Waals surface area contributed by atoms with Crippen LogP contribution in [-0.2, 0) is 4.79 Å². The monoisotopic (exact) mass is 135 g/mol. The van der Waals surface area contributed by atoms with E-state index in [1.54, 1.807) is 0 Å². The third-order valence-corrected chi connectivity index (χ3v) is 0.135. The minimum atomic E-state index is -1.19. The summed E-state index contributed by atoms with van der Waals surface area (Å²) in [6, 6.07) is 0.333. The van der Waals surface area contributed by atoms with Crippen LogP contribution in [0.3, 0.4) is 0 Å². The Morgan fingerprint density at radius 2 is 1.78 bits per heavy atom. The molecule has 0 saturated heterocycles. The highest BCUT2D eigenvalue weighted by Gasteiger charge is 1.82. The molecule has 0 aliphatic heterocycles. The summed E-state index contributed by atoms with van der Waals surface area (Å²) in [7, 11) is 0. The Hall–Kier alpha value is -0.610. The second-order valence-electron chi connectivity index (χ2n) is 1.80. The number of aliphatic hydroxyl groups is 1. The summed E-state index contributed by atoms with van der Waals surface area (Å²) in [5.41, 5.74) is 5.11. The van der Waals surface area contributed by atoms with E-state index in [0.717, 1.165) is 0 Å². The minimum absolute atomic E-state index is 0.333. The predicted octanol–water partition coefficient (Wildman–Crippen LogP) is -0.583. The topological polar surface area (TPSA) is 83.6 Å². The first-order valence-electron chi connectivity index (χ1n) is 2.59. The van der Waals surface area contributed by atoms with Gasteiger partial charge in [-0.15, -0.1) is 0 Å². The molecule has 0 radical (unpaired) electrons. The zero-order chi connectivity index (χ0) is 7.86. The van der Waals surface area contributed by atoms with Gasteiger partial charge in [0.1, 0.15) is 6.61 Å². The molecule has 0 unspecified atom stereocenters. The van der Waals surface area contributed by atoms with Gasteiger partial charge >= 0.3 is 5.97 Å². The van der Waals surface area contributed by atoms with E-state index in [1.807, 2.05) is 13.8 Å². The molecule has 0 saturated carbocycles. The van der Waals surface area contributed by atoms with Crippen LogP contribution < -0.4 is 5.73 Å². The first-order chi connectivity index (χ1) is 4.00. The van der Waals surface area contributed by atoms with Crippen LogP contribution in [0.25, 0.3) is 0 Å². The molecule has 0 aliphatic carbocycles. The maximum Gasteiger partial charge on any atom is 0.329 e. The molecule has 0 rings (SSSR count). The second kappa shape index (κ2) is 7.39. The lowest BCUT2D eigenvalue weighted by Crippen LogP contribution is -2.06. The van der Waals surface area contributed by atoms with Crippen LogP contribution in [0.2, 0.25) is 0 Å². The predicted molar refractivity (Wildman–Crippen MR) is 34.0 cm³/mol. The van der Waals surface area contributed by atoms with Crippen LogP contribution >= 0.6 is 0 Å². The molecule has 0 atom stereocenters. The Morgan fingerprint density at radius 3 is 1.78 bits per heavy atom. The molecule has 0 heterocycles. The Morgan fingerprint density at radius 1 is 1.67 bits per heavy atom. The van der Waals surface area contributed by atoms with Crippen molar-refractivity contribution in [1.82, 2.24) is 0 Å². The molecule has 0 spiro atoms. The van der Waals surface area contributed by atoms with Gasteiger partial charge < -0.3 is 15.9 Å².